The number of carbonyl (C=O) groups excluding carboxylic acids is 2. The maximum Gasteiger partial charge on any atom is 0.237 e. The number of aliphatic hydroxyl groups excluding tert-OH is 1. The second kappa shape index (κ2) is 8.84. The first-order valence-corrected chi connectivity index (χ1v) is 5.86. The van der Waals surface area contributed by atoms with Gasteiger partial charge < -0.3 is 19.7 Å². The lowest BCUT2D eigenvalue weighted by molar-refractivity contribution is -0.305. The lowest BCUT2D eigenvalue weighted by Gasteiger charge is -2.20. The van der Waals surface area contributed by atoms with Crippen LogP contribution in [-0.2, 0) is 14.3 Å². The molecule has 0 fully saturated rings. The largest absolute Gasteiger partial charge is 0.550 e. The zero-order chi connectivity index (χ0) is 14.1. The van der Waals surface area contributed by atoms with Gasteiger partial charge in [-0.25, -0.2) is 5.84 Å². The van der Waals surface area contributed by atoms with E-state index in [0.717, 1.165) is 0 Å². The Morgan fingerprint density at radius 1 is 1.44 bits per heavy atom. The molecule has 0 spiro atoms. The fraction of sp³-hybridized carbons (Fsp3) is 0.818. The molecule has 7 heteroatoms. The van der Waals surface area contributed by atoms with Crippen LogP contribution in [0.4, 0.5) is 0 Å². The molecule has 0 aromatic heterocycles. The average Bonchev–Trinajstić information content (AvgIpc) is 2.30. The molecule has 0 bridgehead atoms. The molecule has 0 rings (SSSR count). The smallest absolute Gasteiger partial charge is 0.237 e. The van der Waals surface area contributed by atoms with Crippen LogP contribution in [0.25, 0.3) is 0 Å². The molecule has 18 heavy (non-hydrogen) atoms. The molecule has 0 aliphatic rings. The number of nitrogens with one attached hydrogen (secondary N) is 1. The van der Waals surface area contributed by atoms with Crippen molar-refractivity contribution in [3.8, 4) is 0 Å². The summed E-state index contributed by atoms with van der Waals surface area (Å²) < 4.78 is 5.20. The second-order valence-corrected chi connectivity index (χ2v) is 4.39. The van der Waals surface area contributed by atoms with Gasteiger partial charge in [0, 0.05) is 11.9 Å². The number of hydrazine groups is 1. The first kappa shape index (κ1) is 16.8. The Hall–Kier alpha value is -1.18. The van der Waals surface area contributed by atoms with E-state index in [9.17, 15) is 19.8 Å². The number of aliphatic carboxylic acids is 1. The van der Waals surface area contributed by atoms with Gasteiger partial charge in [0.1, 0.15) is 0 Å². The quantitative estimate of drug-likeness (QED) is 0.258. The van der Waals surface area contributed by atoms with Crippen molar-refractivity contribution in [1.29, 1.82) is 0 Å². The molecular formula is C11H21N2O5-. The summed E-state index contributed by atoms with van der Waals surface area (Å²) in [5, 5.41) is 20.0. The highest BCUT2D eigenvalue weighted by molar-refractivity contribution is 5.78. The Morgan fingerprint density at radius 3 is 2.50 bits per heavy atom. The lowest BCUT2D eigenvalue weighted by Crippen LogP contribution is -2.38. The van der Waals surface area contributed by atoms with Gasteiger partial charge in [-0.15, -0.1) is 0 Å². The molecule has 4 N–H and O–H groups in total. The Kier molecular flexibility index (Phi) is 8.27. The minimum atomic E-state index is -1.24. The van der Waals surface area contributed by atoms with Crippen LogP contribution in [0.1, 0.15) is 33.1 Å². The number of carboxylic acids is 1. The van der Waals surface area contributed by atoms with Gasteiger partial charge in [0.05, 0.1) is 18.8 Å². The van der Waals surface area contributed by atoms with E-state index in [2.05, 4.69) is 0 Å². The van der Waals surface area contributed by atoms with Crippen molar-refractivity contribution in [2.75, 3.05) is 6.61 Å². The SMILES string of the molecule is CC(C)OCC(O)CC(CCC(=O)[O-])C(=O)NN. The third-order valence-corrected chi connectivity index (χ3v) is 2.39. The summed E-state index contributed by atoms with van der Waals surface area (Å²) in [4.78, 5) is 21.8. The molecule has 0 aromatic rings. The summed E-state index contributed by atoms with van der Waals surface area (Å²) in [5.74, 6) is 2.60. The van der Waals surface area contributed by atoms with Gasteiger partial charge in [-0.05, 0) is 33.1 Å². The van der Waals surface area contributed by atoms with E-state index in [0.29, 0.717) is 0 Å². The highest BCUT2D eigenvalue weighted by Gasteiger charge is 2.21. The predicted molar refractivity (Wildman–Crippen MR) is 61.8 cm³/mol. The molecule has 2 atom stereocenters. The van der Waals surface area contributed by atoms with Crippen LogP contribution in [-0.4, -0.2) is 35.8 Å². The number of ether oxygens (including phenoxy) is 1. The summed E-state index contributed by atoms with van der Waals surface area (Å²) in [6.45, 7) is 3.75. The van der Waals surface area contributed by atoms with Crippen LogP contribution >= 0.6 is 0 Å². The van der Waals surface area contributed by atoms with E-state index < -0.39 is 23.9 Å². The van der Waals surface area contributed by atoms with Crippen LogP contribution in [0, 0.1) is 5.92 Å². The number of rotatable bonds is 9. The average molecular weight is 261 g/mol. The number of aliphatic hydroxyl groups is 1. The van der Waals surface area contributed by atoms with Crippen molar-refractivity contribution < 1.29 is 24.5 Å². The van der Waals surface area contributed by atoms with E-state index in [1.165, 1.54) is 0 Å². The third kappa shape index (κ3) is 7.99. The maximum atomic E-state index is 11.4. The first-order valence-electron chi connectivity index (χ1n) is 5.86. The fourth-order valence-electron chi connectivity index (χ4n) is 1.47. The Bertz CT molecular complexity index is 270. The van der Waals surface area contributed by atoms with E-state index in [1.54, 1.807) is 0 Å². The highest BCUT2D eigenvalue weighted by atomic mass is 16.5. The molecule has 7 nitrogen and oxygen atoms in total. The topological polar surface area (TPSA) is 125 Å². The van der Waals surface area contributed by atoms with Gasteiger partial charge in [0.25, 0.3) is 0 Å². The Morgan fingerprint density at radius 2 is 2.06 bits per heavy atom. The number of hydrogen-bond donors (Lipinski definition) is 3. The maximum absolute atomic E-state index is 11.4. The van der Waals surface area contributed by atoms with Crippen LogP contribution in [0.5, 0.6) is 0 Å². The summed E-state index contributed by atoms with van der Waals surface area (Å²) in [5.41, 5.74) is 1.95. The number of amides is 1. The monoisotopic (exact) mass is 261 g/mol. The minimum absolute atomic E-state index is 0.0235. The molecule has 106 valence electrons. The molecule has 0 aliphatic heterocycles. The lowest BCUT2D eigenvalue weighted by atomic mass is 9.95. The van der Waals surface area contributed by atoms with Crippen LogP contribution < -0.4 is 16.4 Å². The standard InChI is InChI=1S/C11H22N2O5/c1-7(2)18-6-9(14)5-8(11(17)13-12)3-4-10(15)16/h7-9,14H,3-6,12H2,1-2H3,(H,13,17)(H,15,16)/p-1. The minimum Gasteiger partial charge on any atom is -0.550 e. The fourth-order valence-corrected chi connectivity index (χ4v) is 1.47. The van der Waals surface area contributed by atoms with Gasteiger partial charge in [-0.1, -0.05) is 0 Å². The summed E-state index contributed by atoms with van der Waals surface area (Å²) >= 11 is 0. The van der Waals surface area contributed by atoms with Gasteiger partial charge in [0.2, 0.25) is 5.91 Å². The van der Waals surface area contributed by atoms with Crippen LogP contribution in [0.3, 0.4) is 0 Å². The summed E-state index contributed by atoms with van der Waals surface area (Å²) in [7, 11) is 0. The molecule has 0 aromatic carbocycles. The van der Waals surface area contributed by atoms with Crippen molar-refractivity contribution in [3.05, 3.63) is 0 Å². The van der Waals surface area contributed by atoms with Gasteiger partial charge in [-0.2, -0.15) is 0 Å². The highest BCUT2D eigenvalue weighted by Crippen LogP contribution is 2.14. The van der Waals surface area contributed by atoms with E-state index in [1.807, 2.05) is 19.3 Å². The van der Waals surface area contributed by atoms with Crippen molar-refractivity contribution >= 4 is 11.9 Å². The third-order valence-electron chi connectivity index (χ3n) is 2.39. The Labute approximate surface area is 106 Å². The predicted octanol–water partition coefficient (Wildman–Crippen LogP) is -1.70. The Balaban J connectivity index is 4.21. The second-order valence-electron chi connectivity index (χ2n) is 4.39. The van der Waals surface area contributed by atoms with Crippen LogP contribution in [0.15, 0.2) is 0 Å². The molecule has 0 saturated heterocycles. The normalized spacial score (nSPS) is 14.3. The summed E-state index contributed by atoms with van der Waals surface area (Å²) in [6.07, 6.45) is -0.940. The molecule has 0 heterocycles. The zero-order valence-corrected chi connectivity index (χ0v) is 10.7. The number of carbonyl (C=O) groups is 2. The summed E-state index contributed by atoms with van der Waals surface area (Å²) in [6, 6.07) is 0. The molecule has 0 aliphatic carbocycles. The molecular weight excluding hydrogens is 240 g/mol. The first-order chi connectivity index (χ1) is 8.36. The molecule has 2 unspecified atom stereocenters. The van der Waals surface area contributed by atoms with E-state index in [-0.39, 0.29) is 32.0 Å². The molecule has 0 saturated carbocycles. The number of nitrogens with two attached hydrogens (primary N) is 1. The van der Waals surface area contributed by atoms with Crippen LogP contribution in [0.2, 0.25) is 0 Å². The van der Waals surface area contributed by atoms with Gasteiger partial charge in [-0.3, -0.25) is 10.2 Å². The molecule has 1 amide bonds. The van der Waals surface area contributed by atoms with Gasteiger partial charge in [0.15, 0.2) is 0 Å². The van der Waals surface area contributed by atoms with Crippen molar-refractivity contribution in [1.82, 2.24) is 5.43 Å². The van der Waals surface area contributed by atoms with Crippen molar-refractivity contribution in [3.63, 3.8) is 0 Å². The van der Waals surface area contributed by atoms with Crippen molar-refractivity contribution in [2.45, 2.75) is 45.3 Å². The molecule has 0 radical (unpaired) electrons. The number of carboxylic acid groups (broad SMARTS) is 1. The van der Waals surface area contributed by atoms with Gasteiger partial charge >= 0.3 is 0 Å². The number of hydrogen-bond acceptors (Lipinski definition) is 6. The van der Waals surface area contributed by atoms with E-state index in [4.69, 9.17) is 10.6 Å². The zero-order valence-electron chi connectivity index (χ0n) is 10.7. The van der Waals surface area contributed by atoms with Crippen molar-refractivity contribution in [2.24, 2.45) is 11.8 Å². The van der Waals surface area contributed by atoms with E-state index >= 15 is 0 Å².